The lowest BCUT2D eigenvalue weighted by atomic mass is 10.2. The van der Waals surface area contributed by atoms with Crippen LogP contribution in [0.2, 0.25) is 0 Å². The van der Waals surface area contributed by atoms with E-state index < -0.39 is 12.6 Å². The van der Waals surface area contributed by atoms with Crippen LogP contribution in [0.1, 0.15) is 39.0 Å². The predicted octanol–water partition coefficient (Wildman–Crippen LogP) is 3.10. The van der Waals surface area contributed by atoms with Crippen LogP contribution in [0.15, 0.2) is 0 Å². The smallest absolute Gasteiger partial charge is 0.381 e. The molecule has 0 heterocycles. The molecule has 0 spiro atoms. The lowest BCUT2D eigenvalue weighted by molar-refractivity contribution is -0.137. The molecule has 0 saturated carbocycles. The molecule has 0 N–H and O–H groups in total. The van der Waals surface area contributed by atoms with Crippen LogP contribution in [0.4, 0.5) is 13.2 Å². The van der Waals surface area contributed by atoms with Crippen molar-refractivity contribution in [1.82, 2.24) is 0 Å². The van der Waals surface area contributed by atoms with Crippen molar-refractivity contribution in [3.8, 4) is 0 Å². The maximum absolute atomic E-state index is 11.7. The number of hydrogen-bond donors (Lipinski definition) is 0. The molecule has 0 rings (SSSR count). The zero-order valence-corrected chi connectivity index (χ0v) is 8.90. The molecule has 2 nitrogen and oxygen atoms in total. The molecule has 0 bridgehead atoms. The Morgan fingerprint density at radius 2 is 1.80 bits per heavy atom. The van der Waals surface area contributed by atoms with Crippen LogP contribution in [-0.4, -0.2) is 25.2 Å². The Morgan fingerprint density at radius 1 is 1.20 bits per heavy atom. The van der Waals surface area contributed by atoms with Crippen molar-refractivity contribution in [2.45, 2.75) is 45.2 Å². The van der Waals surface area contributed by atoms with Gasteiger partial charge in [0.25, 0.3) is 0 Å². The molecule has 90 valence electrons. The van der Waals surface area contributed by atoms with Crippen molar-refractivity contribution < 1.29 is 22.7 Å². The molecule has 0 radical (unpaired) electrons. The molecule has 5 heteroatoms. The molecule has 0 aliphatic carbocycles. The molecule has 0 saturated heterocycles. The molecule has 15 heavy (non-hydrogen) atoms. The molecule has 0 aromatic rings. The van der Waals surface area contributed by atoms with Gasteiger partial charge in [0, 0.05) is 32.5 Å². The number of ketones is 1. The van der Waals surface area contributed by atoms with Gasteiger partial charge in [-0.05, 0) is 12.8 Å². The van der Waals surface area contributed by atoms with E-state index in [1.807, 2.05) is 0 Å². The summed E-state index contributed by atoms with van der Waals surface area (Å²) in [5, 5.41) is 0. The molecule has 0 aliphatic rings. The minimum atomic E-state index is -4.10. The van der Waals surface area contributed by atoms with Crippen LogP contribution in [-0.2, 0) is 9.53 Å². The third-order valence-electron chi connectivity index (χ3n) is 1.89. The van der Waals surface area contributed by atoms with E-state index in [0.29, 0.717) is 25.9 Å². The van der Waals surface area contributed by atoms with Gasteiger partial charge < -0.3 is 4.74 Å². The van der Waals surface area contributed by atoms with Crippen LogP contribution in [0.5, 0.6) is 0 Å². The summed E-state index contributed by atoms with van der Waals surface area (Å²) in [4.78, 5) is 10.8. The Morgan fingerprint density at radius 3 is 2.33 bits per heavy atom. The summed E-state index contributed by atoms with van der Waals surface area (Å²) < 4.78 is 40.0. The Bertz CT molecular complexity index is 178. The van der Waals surface area contributed by atoms with E-state index in [-0.39, 0.29) is 18.8 Å². The summed E-state index contributed by atoms with van der Waals surface area (Å²) in [7, 11) is 0. The third-order valence-corrected chi connectivity index (χ3v) is 1.89. The SMILES string of the molecule is CCC(=O)CCCOCCCC(F)(F)F. The fourth-order valence-corrected chi connectivity index (χ4v) is 1.02. The first-order chi connectivity index (χ1) is 6.95. The van der Waals surface area contributed by atoms with E-state index in [2.05, 4.69) is 0 Å². The number of Topliss-reactive ketones (excluding diaryl/α,β-unsaturated/α-hetero) is 1. The maximum Gasteiger partial charge on any atom is 0.389 e. The zero-order chi connectivity index (χ0) is 11.7. The molecule has 0 fully saturated rings. The van der Waals surface area contributed by atoms with Crippen LogP contribution in [0.25, 0.3) is 0 Å². The van der Waals surface area contributed by atoms with Gasteiger partial charge in [-0.1, -0.05) is 6.92 Å². The first-order valence-electron chi connectivity index (χ1n) is 5.12. The molecule has 0 amide bonds. The van der Waals surface area contributed by atoms with Gasteiger partial charge in [-0.25, -0.2) is 0 Å². The summed E-state index contributed by atoms with van der Waals surface area (Å²) >= 11 is 0. The summed E-state index contributed by atoms with van der Waals surface area (Å²) in [6.07, 6.45) is -3.35. The number of alkyl halides is 3. The number of ether oxygens (including phenoxy) is 1. The van der Waals surface area contributed by atoms with E-state index in [4.69, 9.17) is 4.74 Å². The second-order valence-electron chi connectivity index (χ2n) is 3.33. The second-order valence-corrected chi connectivity index (χ2v) is 3.33. The van der Waals surface area contributed by atoms with Gasteiger partial charge >= 0.3 is 6.18 Å². The minimum absolute atomic E-state index is 0.00871. The number of halogens is 3. The largest absolute Gasteiger partial charge is 0.389 e. The summed E-state index contributed by atoms with van der Waals surface area (Å²) in [5.41, 5.74) is 0. The van der Waals surface area contributed by atoms with Gasteiger partial charge in [0.2, 0.25) is 0 Å². The van der Waals surface area contributed by atoms with Gasteiger partial charge in [-0.3, -0.25) is 4.79 Å². The Kier molecular flexibility index (Phi) is 7.38. The van der Waals surface area contributed by atoms with Crippen molar-refractivity contribution in [2.75, 3.05) is 13.2 Å². The van der Waals surface area contributed by atoms with Crippen molar-refractivity contribution in [1.29, 1.82) is 0 Å². The summed E-state index contributed by atoms with van der Waals surface area (Å²) in [6, 6.07) is 0. The first kappa shape index (κ1) is 14.4. The van der Waals surface area contributed by atoms with E-state index >= 15 is 0 Å². The van der Waals surface area contributed by atoms with E-state index in [1.54, 1.807) is 6.92 Å². The van der Waals surface area contributed by atoms with E-state index in [9.17, 15) is 18.0 Å². The highest BCUT2D eigenvalue weighted by molar-refractivity contribution is 5.77. The Labute approximate surface area is 87.8 Å². The zero-order valence-electron chi connectivity index (χ0n) is 8.90. The fourth-order valence-electron chi connectivity index (χ4n) is 1.02. The van der Waals surface area contributed by atoms with E-state index in [0.717, 1.165) is 0 Å². The average molecular weight is 226 g/mol. The molecule has 0 aromatic heterocycles. The highest BCUT2D eigenvalue weighted by Crippen LogP contribution is 2.20. The quantitative estimate of drug-likeness (QED) is 0.594. The Hall–Kier alpha value is -0.580. The lowest BCUT2D eigenvalue weighted by Crippen LogP contribution is -2.09. The number of carbonyl (C=O) groups is 1. The van der Waals surface area contributed by atoms with Gasteiger partial charge in [-0.15, -0.1) is 0 Å². The maximum atomic E-state index is 11.7. The first-order valence-corrected chi connectivity index (χ1v) is 5.12. The summed E-state index contributed by atoms with van der Waals surface area (Å²) in [5.74, 6) is 0.161. The van der Waals surface area contributed by atoms with Gasteiger partial charge in [0.05, 0.1) is 0 Å². The highest BCUT2D eigenvalue weighted by Gasteiger charge is 2.25. The normalized spacial score (nSPS) is 11.7. The molecular weight excluding hydrogens is 209 g/mol. The van der Waals surface area contributed by atoms with Crippen LogP contribution in [0, 0.1) is 0 Å². The molecular formula is C10H17F3O2. The molecule has 0 aromatic carbocycles. The van der Waals surface area contributed by atoms with Crippen molar-refractivity contribution in [2.24, 2.45) is 0 Å². The topological polar surface area (TPSA) is 26.3 Å². The van der Waals surface area contributed by atoms with Gasteiger partial charge in [0.1, 0.15) is 5.78 Å². The monoisotopic (exact) mass is 226 g/mol. The van der Waals surface area contributed by atoms with Crippen molar-refractivity contribution in [3.05, 3.63) is 0 Å². The fraction of sp³-hybridized carbons (Fsp3) is 0.900. The lowest BCUT2D eigenvalue weighted by Gasteiger charge is -2.06. The van der Waals surface area contributed by atoms with Crippen LogP contribution in [0.3, 0.4) is 0 Å². The third kappa shape index (κ3) is 11.3. The van der Waals surface area contributed by atoms with Crippen LogP contribution < -0.4 is 0 Å². The molecule has 0 aliphatic heterocycles. The summed E-state index contributed by atoms with van der Waals surface area (Å²) in [6.45, 7) is 2.26. The number of hydrogen-bond acceptors (Lipinski definition) is 2. The molecule has 0 atom stereocenters. The highest BCUT2D eigenvalue weighted by atomic mass is 19.4. The second kappa shape index (κ2) is 7.68. The average Bonchev–Trinajstić information content (AvgIpc) is 2.14. The molecule has 0 unspecified atom stereocenters. The number of carbonyl (C=O) groups excluding carboxylic acids is 1. The van der Waals surface area contributed by atoms with E-state index in [1.165, 1.54) is 0 Å². The Balaban J connectivity index is 3.16. The van der Waals surface area contributed by atoms with Crippen molar-refractivity contribution in [3.63, 3.8) is 0 Å². The number of rotatable bonds is 8. The van der Waals surface area contributed by atoms with Crippen molar-refractivity contribution >= 4 is 5.78 Å². The predicted molar refractivity (Wildman–Crippen MR) is 50.6 cm³/mol. The van der Waals surface area contributed by atoms with Crippen LogP contribution >= 0.6 is 0 Å². The van der Waals surface area contributed by atoms with Gasteiger partial charge in [0.15, 0.2) is 0 Å². The minimum Gasteiger partial charge on any atom is -0.381 e. The van der Waals surface area contributed by atoms with Gasteiger partial charge in [-0.2, -0.15) is 13.2 Å². The standard InChI is InChI=1S/C10H17F3O2/c1-2-9(14)5-3-7-15-8-4-6-10(11,12)13/h2-8H2,1H3.